The van der Waals surface area contributed by atoms with Gasteiger partial charge in [0, 0.05) is 21.9 Å². The molecule has 0 atom stereocenters. The summed E-state index contributed by atoms with van der Waals surface area (Å²) in [5.41, 5.74) is 3.08. The fraction of sp³-hybridized carbons (Fsp3) is 0.542. The van der Waals surface area contributed by atoms with Crippen LogP contribution in [-0.2, 0) is 0 Å². The second kappa shape index (κ2) is 10.7. The van der Waals surface area contributed by atoms with Gasteiger partial charge >= 0.3 is 0 Å². The Hall–Kier alpha value is -1.61. The van der Waals surface area contributed by atoms with Gasteiger partial charge in [-0.1, -0.05) is 88.1 Å². The van der Waals surface area contributed by atoms with Gasteiger partial charge < -0.3 is 5.32 Å². The van der Waals surface area contributed by atoms with Crippen molar-refractivity contribution in [2.24, 2.45) is 0 Å². The molecule has 1 N–H and O–H groups in total. The average molecular weight is 384 g/mol. The fourth-order valence-electron chi connectivity index (χ4n) is 4.16. The maximum Gasteiger partial charge on any atom is 0.252 e. The van der Waals surface area contributed by atoms with Crippen LogP contribution >= 0.6 is 11.3 Å². The molecule has 1 heterocycles. The Kier molecular flexibility index (Phi) is 7.94. The average Bonchev–Trinajstić information content (AvgIpc) is 3.06. The van der Waals surface area contributed by atoms with E-state index in [-0.39, 0.29) is 5.91 Å². The van der Waals surface area contributed by atoms with Crippen molar-refractivity contribution < 1.29 is 4.79 Å². The van der Waals surface area contributed by atoms with Crippen LogP contribution in [0.25, 0.3) is 11.1 Å². The van der Waals surface area contributed by atoms with E-state index in [0.29, 0.717) is 6.04 Å². The molecule has 0 saturated heterocycles. The number of benzene rings is 1. The number of thiophene rings is 1. The van der Waals surface area contributed by atoms with Crippen LogP contribution in [0.4, 0.5) is 0 Å². The highest BCUT2D eigenvalue weighted by Crippen LogP contribution is 2.32. The molecule has 1 amide bonds. The van der Waals surface area contributed by atoms with E-state index >= 15 is 0 Å². The van der Waals surface area contributed by atoms with E-state index in [9.17, 15) is 4.79 Å². The number of carbonyl (C=O) groups excluding carboxylic acids is 1. The summed E-state index contributed by atoms with van der Waals surface area (Å²) in [6.45, 7) is 2.11. The zero-order valence-corrected chi connectivity index (χ0v) is 17.5. The summed E-state index contributed by atoms with van der Waals surface area (Å²) in [6.07, 6.45) is 14.2. The molecule has 1 saturated carbocycles. The molecule has 0 bridgehead atoms. The van der Waals surface area contributed by atoms with Crippen LogP contribution in [0.5, 0.6) is 0 Å². The van der Waals surface area contributed by atoms with E-state index in [1.54, 1.807) is 11.3 Å². The maximum atomic E-state index is 13.1. The number of rotatable bonds is 3. The maximum absolute atomic E-state index is 13.1. The van der Waals surface area contributed by atoms with Gasteiger partial charge in [-0.2, -0.15) is 0 Å². The van der Waals surface area contributed by atoms with Gasteiger partial charge in [0.25, 0.3) is 5.91 Å². The third-order valence-corrected chi connectivity index (χ3v) is 6.63. The molecule has 1 aromatic carbocycles. The molecule has 146 valence electrons. The first-order valence-corrected chi connectivity index (χ1v) is 11.6. The lowest BCUT2D eigenvalue weighted by Gasteiger charge is -2.20. The molecule has 0 unspecified atom stereocenters. The molecule has 3 heteroatoms. The molecule has 27 heavy (non-hydrogen) atoms. The molecule has 1 fully saturated rings. The summed E-state index contributed by atoms with van der Waals surface area (Å²) in [6, 6.07) is 10.6. The Morgan fingerprint density at radius 2 is 1.44 bits per heavy atom. The van der Waals surface area contributed by atoms with Crippen molar-refractivity contribution in [3.63, 3.8) is 0 Å². The monoisotopic (exact) mass is 383 g/mol. The third-order valence-electron chi connectivity index (χ3n) is 5.72. The van der Waals surface area contributed by atoms with Crippen LogP contribution in [0, 0.1) is 6.92 Å². The van der Waals surface area contributed by atoms with Crippen LogP contribution in [0.3, 0.4) is 0 Å². The van der Waals surface area contributed by atoms with E-state index in [0.717, 1.165) is 29.5 Å². The molecule has 1 aromatic heterocycles. The van der Waals surface area contributed by atoms with Crippen molar-refractivity contribution in [3.8, 4) is 11.1 Å². The molecule has 0 aliphatic heterocycles. The number of amides is 1. The minimum atomic E-state index is 0.107. The highest BCUT2D eigenvalue weighted by Gasteiger charge is 2.20. The van der Waals surface area contributed by atoms with Crippen molar-refractivity contribution in [2.75, 3.05) is 0 Å². The van der Waals surface area contributed by atoms with Gasteiger partial charge in [0.05, 0.1) is 5.56 Å². The Balaban J connectivity index is 1.68. The Labute approximate surface area is 168 Å². The second-order valence-corrected chi connectivity index (χ2v) is 8.96. The van der Waals surface area contributed by atoms with Crippen LogP contribution in [-0.4, -0.2) is 11.9 Å². The third kappa shape index (κ3) is 5.93. The number of nitrogens with one attached hydrogen (secondary N) is 1. The molecule has 2 nitrogen and oxygen atoms in total. The largest absolute Gasteiger partial charge is 0.349 e. The van der Waals surface area contributed by atoms with Gasteiger partial charge in [0.1, 0.15) is 0 Å². The lowest BCUT2D eigenvalue weighted by molar-refractivity contribution is 0.0932. The minimum absolute atomic E-state index is 0.107. The first-order valence-electron chi connectivity index (χ1n) is 10.7. The van der Waals surface area contributed by atoms with E-state index in [2.05, 4.69) is 24.4 Å². The second-order valence-electron chi connectivity index (χ2n) is 7.88. The van der Waals surface area contributed by atoms with Crippen molar-refractivity contribution in [2.45, 2.75) is 83.6 Å². The topological polar surface area (TPSA) is 29.1 Å². The highest BCUT2D eigenvalue weighted by atomic mass is 32.1. The zero-order chi connectivity index (χ0) is 18.9. The Bertz CT molecular complexity index is 694. The van der Waals surface area contributed by atoms with E-state index in [1.807, 2.05) is 23.6 Å². The van der Waals surface area contributed by atoms with Crippen molar-refractivity contribution >= 4 is 17.2 Å². The normalized spacial score (nSPS) is 17.7. The van der Waals surface area contributed by atoms with Crippen molar-refractivity contribution in [3.05, 3.63) is 46.2 Å². The quantitative estimate of drug-likeness (QED) is 0.600. The highest BCUT2D eigenvalue weighted by molar-refractivity contribution is 7.10. The summed E-state index contributed by atoms with van der Waals surface area (Å²) < 4.78 is 0. The van der Waals surface area contributed by atoms with Crippen LogP contribution < -0.4 is 5.32 Å². The first kappa shape index (κ1) is 20.1. The van der Waals surface area contributed by atoms with Gasteiger partial charge in [0.2, 0.25) is 0 Å². The smallest absolute Gasteiger partial charge is 0.252 e. The lowest BCUT2D eigenvalue weighted by atomic mass is 9.97. The Morgan fingerprint density at radius 1 is 0.889 bits per heavy atom. The molecular formula is C24H33NOS. The van der Waals surface area contributed by atoms with Crippen LogP contribution in [0.2, 0.25) is 0 Å². The summed E-state index contributed by atoms with van der Waals surface area (Å²) in [4.78, 5) is 14.3. The molecular weight excluding hydrogens is 350 g/mol. The predicted molar refractivity (Wildman–Crippen MR) is 117 cm³/mol. The summed E-state index contributed by atoms with van der Waals surface area (Å²) in [5.74, 6) is 0.107. The molecule has 0 radical (unpaired) electrons. The van der Waals surface area contributed by atoms with Crippen LogP contribution in [0.15, 0.2) is 35.7 Å². The van der Waals surface area contributed by atoms with Crippen LogP contribution in [0.1, 0.15) is 85.9 Å². The van der Waals surface area contributed by atoms with Crippen molar-refractivity contribution in [1.82, 2.24) is 5.32 Å². The van der Waals surface area contributed by atoms with E-state index < -0.39 is 0 Å². The number of hydrogen-bond donors (Lipinski definition) is 1. The standard InChI is InChI=1S/C24H33NOS/c1-19-23(20-14-10-9-11-15-20)22(18-27-19)24(26)25-21-16-12-7-5-3-2-4-6-8-13-17-21/h9-11,14-15,18,21H,2-8,12-13,16-17H2,1H3,(H,25,26). The number of aryl methyl sites for hydroxylation is 1. The van der Waals surface area contributed by atoms with Gasteiger partial charge in [-0.25, -0.2) is 0 Å². The molecule has 1 aliphatic carbocycles. The SMILES string of the molecule is Cc1scc(C(=O)NC2CCCCCCCCCCC2)c1-c1ccccc1. The summed E-state index contributed by atoms with van der Waals surface area (Å²) in [5, 5.41) is 5.41. The lowest BCUT2D eigenvalue weighted by Crippen LogP contribution is -2.35. The minimum Gasteiger partial charge on any atom is -0.349 e. The first-order chi connectivity index (χ1) is 13.3. The van der Waals surface area contributed by atoms with Gasteiger partial charge in [-0.05, 0) is 25.3 Å². The summed E-state index contributed by atoms with van der Waals surface area (Å²) >= 11 is 1.67. The van der Waals surface area contributed by atoms with E-state index in [4.69, 9.17) is 0 Å². The van der Waals surface area contributed by atoms with Gasteiger partial charge in [-0.3, -0.25) is 4.79 Å². The zero-order valence-electron chi connectivity index (χ0n) is 16.6. The predicted octanol–water partition coefficient (Wildman–Crippen LogP) is 7.13. The van der Waals surface area contributed by atoms with Gasteiger partial charge in [0.15, 0.2) is 0 Å². The Morgan fingerprint density at radius 3 is 2.04 bits per heavy atom. The molecule has 2 aromatic rings. The number of hydrogen-bond acceptors (Lipinski definition) is 2. The summed E-state index contributed by atoms with van der Waals surface area (Å²) in [7, 11) is 0. The molecule has 0 spiro atoms. The number of carbonyl (C=O) groups is 1. The molecule has 3 rings (SSSR count). The fourth-order valence-corrected chi connectivity index (χ4v) is 5.02. The van der Waals surface area contributed by atoms with Gasteiger partial charge in [-0.15, -0.1) is 11.3 Å². The van der Waals surface area contributed by atoms with Crippen molar-refractivity contribution in [1.29, 1.82) is 0 Å². The molecule has 1 aliphatic rings. The van der Waals surface area contributed by atoms with E-state index in [1.165, 1.54) is 62.7 Å².